The zero-order chi connectivity index (χ0) is 23.8. The predicted octanol–water partition coefficient (Wildman–Crippen LogP) is 3.07. The number of halogens is 3. The van der Waals surface area contributed by atoms with Crippen molar-refractivity contribution in [3.63, 3.8) is 0 Å². The molecule has 1 fully saturated rings. The van der Waals surface area contributed by atoms with E-state index in [0.717, 1.165) is 60.9 Å². The van der Waals surface area contributed by atoms with Gasteiger partial charge in [0, 0.05) is 31.4 Å². The van der Waals surface area contributed by atoms with Gasteiger partial charge < -0.3 is 10.4 Å². The van der Waals surface area contributed by atoms with Crippen LogP contribution in [0.1, 0.15) is 17.7 Å². The highest BCUT2D eigenvalue weighted by Gasteiger charge is 2.38. The van der Waals surface area contributed by atoms with E-state index in [2.05, 4.69) is 61.9 Å². The van der Waals surface area contributed by atoms with E-state index in [1.54, 1.807) is 0 Å². The Balaban J connectivity index is 0.000000383. The van der Waals surface area contributed by atoms with Crippen molar-refractivity contribution in [1.82, 2.24) is 30.2 Å². The molecule has 33 heavy (non-hydrogen) atoms. The van der Waals surface area contributed by atoms with Gasteiger partial charge in [-0.3, -0.25) is 4.90 Å². The fraction of sp³-hybridized carbons (Fsp3) is 0.364. The summed E-state index contributed by atoms with van der Waals surface area (Å²) in [6, 6.07) is 12.4. The maximum Gasteiger partial charge on any atom is 0.490 e. The Hall–Kier alpha value is -3.31. The summed E-state index contributed by atoms with van der Waals surface area (Å²) in [6.07, 6.45) is -0.0198. The third kappa shape index (κ3) is 7.36. The molecule has 0 radical (unpaired) electrons. The first-order chi connectivity index (χ1) is 15.7. The van der Waals surface area contributed by atoms with E-state index in [0.29, 0.717) is 0 Å². The Kier molecular flexibility index (Phi) is 8.12. The summed E-state index contributed by atoms with van der Waals surface area (Å²) < 4.78 is 33.6. The summed E-state index contributed by atoms with van der Waals surface area (Å²) in [4.78, 5) is 11.3. The van der Waals surface area contributed by atoms with Crippen LogP contribution in [-0.4, -0.2) is 68.3 Å². The topological polar surface area (TPSA) is 96.2 Å². The molecule has 1 aliphatic heterocycles. The lowest BCUT2D eigenvalue weighted by Crippen LogP contribution is -2.28. The van der Waals surface area contributed by atoms with Crippen LogP contribution in [0, 0.1) is 6.92 Å². The number of nitrogens with zero attached hydrogens (tertiary/aromatic N) is 5. The third-order valence-corrected chi connectivity index (χ3v) is 4.92. The van der Waals surface area contributed by atoms with Crippen LogP contribution in [0.3, 0.4) is 0 Å². The number of nitrogens with one attached hydrogen (secondary N) is 1. The van der Waals surface area contributed by atoms with E-state index < -0.39 is 12.1 Å². The Labute approximate surface area is 189 Å². The minimum atomic E-state index is -5.08. The molecule has 2 N–H and O–H groups in total. The zero-order valence-electron chi connectivity index (χ0n) is 18.1. The smallest absolute Gasteiger partial charge is 0.475 e. The lowest BCUT2D eigenvalue weighted by atomic mass is 10.1. The van der Waals surface area contributed by atoms with Gasteiger partial charge in [0.1, 0.15) is 0 Å². The molecule has 0 atom stereocenters. The Morgan fingerprint density at radius 2 is 1.82 bits per heavy atom. The predicted molar refractivity (Wildman–Crippen MR) is 116 cm³/mol. The molecule has 0 unspecified atom stereocenters. The van der Waals surface area contributed by atoms with E-state index in [1.165, 1.54) is 6.42 Å². The van der Waals surface area contributed by atoms with Crippen LogP contribution >= 0.6 is 0 Å². The van der Waals surface area contributed by atoms with Gasteiger partial charge in [0.2, 0.25) is 0 Å². The van der Waals surface area contributed by atoms with E-state index >= 15 is 0 Å². The molecule has 0 spiro atoms. The van der Waals surface area contributed by atoms with Crippen LogP contribution in [0.5, 0.6) is 0 Å². The fourth-order valence-corrected chi connectivity index (χ4v) is 3.23. The van der Waals surface area contributed by atoms with Crippen molar-refractivity contribution in [2.24, 2.45) is 0 Å². The maximum absolute atomic E-state index is 10.6. The Bertz CT molecular complexity index is 1030. The van der Waals surface area contributed by atoms with Crippen LogP contribution in [0.15, 0.2) is 48.8 Å². The summed E-state index contributed by atoms with van der Waals surface area (Å²) in [5, 5.41) is 23.8. The minimum absolute atomic E-state index is 0.868. The normalized spacial score (nSPS) is 14.8. The first kappa shape index (κ1) is 24.3. The molecule has 3 heterocycles. The monoisotopic (exact) mass is 462 g/mol. The molecular formula is C22H25F3N6O2. The first-order valence-electron chi connectivity index (χ1n) is 10.4. The summed E-state index contributed by atoms with van der Waals surface area (Å²) >= 11 is 0. The summed E-state index contributed by atoms with van der Waals surface area (Å²) in [5.74, 6) is -2.76. The van der Waals surface area contributed by atoms with Crippen LogP contribution in [-0.2, 0) is 11.3 Å². The Morgan fingerprint density at radius 1 is 1.09 bits per heavy atom. The second kappa shape index (κ2) is 11.0. The van der Waals surface area contributed by atoms with Gasteiger partial charge in [0.15, 0.2) is 0 Å². The van der Waals surface area contributed by atoms with Gasteiger partial charge in [0.05, 0.1) is 23.3 Å². The lowest BCUT2D eigenvalue weighted by Gasteiger charge is -2.18. The molecule has 1 aromatic carbocycles. The number of benzene rings is 1. The number of aromatic nitrogens is 4. The molecule has 8 nitrogen and oxygen atoms in total. The first-order valence-corrected chi connectivity index (χ1v) is 10.4. The molecule has 0 saturated carbocycles. The second-order valence-electron chi connectivity index (χ2n) is 7.60. The van der Waals surface area contributed by atoms with E-state index in [9.17, 15) is 13.2 Å². The number of aryl methyl sites for hydroxylation is 1. The van der Waals surface area contributed by atoms with Gasteiger partial charge in [-0.25, -0.2) is 9.48 Å². The van der Waals surface area contributed by atoms with Crippen LogP contribution in [0.2, 0.25) is 0 Å². The van der Waals surface area contributed by atoms with Crippen molar-refractivity contribution in [3.05, 3.63) is 60.0 Å². The molecule has 2 aromatic heterocycles. The number of hydrogen-bond acceptors (Lipinski definition) is 6. The van der Waals surface area contributed by atoms with Gasteiger partial charge in [0.25, 0.3) is 0 Å². The number of hydrogen-bond donors (Lipinski definition) is 2. The van der Waals surface area contributed by atoms with Crippen molar-refractivity contribution >= 4 is 5.97 Å². The molecule has 0 amide bonds. The standard InChI is InChI=1S/C20H24N6.C2HF3O2/c1-16-13-22-26(14-16)19-6-3-17(4-7-19)20-8-5-18(23-24-20)15-25-11-2-9-21-10-12-25;3-2(4,5)1(6)7/h3-8,13-14,21H,2,9-12,15H2,1H3;(H,6,7). The second-order valence-corrected chi connectivity index (χ2v) is 7.60. The molecule has 11 heteroatoms. The Morgan fingerprint density at radius 3 is 2.39 bits per heavy atom. The van der Waals surface area contributed by atoms with Gasteiger partial charge >= 0.3 is 12.1 Å². The van der Waals surface area contributed by atoms with E-state index in [-0.39, 0.29) is 0 Å². The summed E-state index contributed by atoms with van der Waals surface area (Å²) in [6.45, 7) is 7.25. The molecule has 3 aromatic rings. The summed E-state index contributed by atoms with van der Waals surface area (Å²) in [5.41, 5.74) is 5.18. The highest BCUT2D eigenvalue weighted by Crippen LogP contribution is 2.19. The minimum Gasteiger partial charge on any atom is -0.475 e. The SMILES string of the molecule is Cc1cnn(-c2ccc(-c3ccc(CN4CCCNCC4)nn3)cc2)c1.O=C(O)C(F)(F)F. The van der Waals surface area contributed by atoms with Crippen LogP contribution in [0.4, 0.5) is 13.2 Å². The number of carboxylic acids is 1. The third-order valence-electron chi connectivity index (χ3n) is 4.92. The van der Waals surface area contributed by atoms with Gasteiger partial charge in [-0.15, -0.1) is 0 Å². The zero-order valence-corrected chi connectivity index (χ0v) is 18.1. The molecule has 176 valence electrons. The van der Waals surface area contributed by atoms with Gasteiger partial charge in [-0.2, -0.15) is 28.5 Å². The molecular weight excluding hydrogens is 437 g/mol. The maximum atomic E-state index is 10.6. The summed E-state index contributed by atoms with van der Waals surface area (Å²) in [7, 11) is 0. The highest BCUT2D eigenvalue weighted by molar-refractivity contribution is 5.73. The lowest BCUT2D eigenvalue weighted by molar-refractivity contribution is -0.192. The van der Waals surface area contributed by atoms with Gasteiger partial charge in [-0.05, 0) is 56.3 Å². The molecule has 1 saturated heterocycles. The number of aliphatic carboxylic acids is 1. The van der Waals surface area contributed by atoms with Crippen molar-refractivity contribution in [2.45, 2.75) is 26.1 Å². The molecule has 4 rings (SSSR count). The van der Waals surface area contributed by atoms with Crippen LogP contribution < -0.4 is 5.32 Å². The average Bonchev–Trinajstić information content (AvgIpc) is 3.06. The number of rotatable bonds is 4. The van der Waals surface area contributed by atoms with E-state index in [1.807, 2.05) is 24.0 Å². The molecule has 0 bridgehead atoms. The number of carbonyl (C=O) groups is 1. The van der Waals surface area contributed by atoms with Crippen molar-refractivity contribution in [3.8, 4) is 16.9 Å². The van der Waals surface area contributed by atoms with Crippen molar-refractivity contribution < 1.29 is 23.1 Å². The van der Waals surface area contributed by atoms with Crippen LogP contribution in [0.25, 0.3) is 16.9 Å². The largest absolute Gasteiger partial charge is 0.490 e. The average molecular weight is 462 g/mol. The van der Waals surface area contributed by atoms with E-state index in [4.69, 9.17) is 9.90 Å². The number of carboxylic acid groups (broad SMARTS) is 1. The molecule has 1 aliphatic rings. The number of alkyl halides is 3. The van der Waals surface area contributed by atoms with Crippen molar-refractivity contribution in [2.75, 3.05) is 26.2 Å². The van der Waals surface area contributed by atoms with Crippen molar-refractivity contribution in [1.29, 1.82) is 0 Å². The van der Waals surface area contributed by atoms with Gasteiger partial charge in [-0.1, -0.05) is 12.1 Å². The fourth-order valence-electron chi connectivity index (χ4n) is 3.23. The molecule has 0 aliphatic carbocycles. The quantitative estimate of drug-likeness (QED) is 0.615. The highest BCUT2D eigenvalue weighted by atomic mass is 19.4.